The number of phosphoric acid groups is 1. The Morgan fingerprint density at radius 2 is 1.22 bits per heavy atom. The number of hydrogen-bond donors (Lipinski definition) is 0. The standard InChI is InChI=1S/C37H72NO7P/c1-6-8-10-12-14-16-18-19-20-21-22-24-26-28-30-37(39)45-36(35-44-46(40,41)43-33-31-38(3,4)5)34-42-32-29-27-25-23-17-15-13-11-9-7-2/h12,14,18-19,36H,6-11,13,15-17,20-35H2,1-5H3/b14-12-,19-18-. The zero-order valence-corrected chi connectivity index (χ0v) is 31.4. The van der Waals surface area contributed by atoms with Crippen molar-refractivity contribution in [2.75, 3.05) is 54.1 Å². The highest BCUT2D eigenvalue weighted by Crippen LogP contribution is 2.38. The topological polar surface area (TPSA) is 94.1 Å². The first-order valence-electron chi connectivity index (χ1n) is 18.6. The molecule has 0 fully saturated rings. The highest BCUT2D eigenvalue weighted by Gasteiger charge is 2.20. The van der Waals surface area contributed by atoms with Crippen molar-refractivity contribution in [3.05, 3.63) is 24.3 Å². The van der Waals surface area contributed by atoms with Crippen molar-refractivity contribution in [1.82, 2.24) is 0 Å². The minimum absolute atomic E-state index is 0.0245. The van der Waals surface area contributed by atoms with E-state index in [1.807, 2.05) is 21.1 Å². The van der Waals surface area contributed by atoms with E-state index in [-0.39, 0.29) is 25.8 Å². The summed E-state index contributed by atoms with van der Waals surface area (Å²) in [4.78, 5) is 24.9. The van der Waals surface area contributed by atoms with Crippen LogP contribution in [0.4, 0.5) is 0 Å². The molecule has 8 nitrogen and oxygen atoms in total. The summed E-state index contributed by atoms with van der Waals surface area (Å²) in [5.74, 6) is -0.349. The molecule has 0 saturated heterocycles. The summed E-state index contributed by atoms with van der Waals surface area (Å²) < 4.78 is 34.3. The van der Waals surface area contributed by atoms with Crippen LogP contribution < -0.4 is 4.89 Å². The van der Waals surface area contributed by atoms with Gasteiger partial charge in [0.2, 0.25) is 0 Å². The summed E-state index contributed by atoms with van der Waals surface area (Å²) in [6.07, 6.45) is 31.8. The maximum atomic E-state index is 12.6. The average Bonchev–Trinajstić information content (AvgIpc) is 2.99. The summed E-state index contributed by atoms with van der Waals surface area (Å²) in [6.45, 7) is 5.34. The molecule has 0 aliphatic carbocycles. The summed E-state index contributed by atoms with van der Waals surface area (Å²) in [6, 6.07) is 0. The molecule has 2 unspecified atom stereocenters. The lowest BCUT2D eigenvalue weighted by Crippen LogP contribution is -2.37. The fourth-order valence-electron chi connectivity index (χ4n) is 4.80. The number of unbranched alkanes of at least 4 members (excludes halogenated alkanes) is 16. The molecule has 0 aromatic heterocycles. The number of ether oxygens (including phenoxy) is 2. The third-order valence-corrected chi connectivity index (χ3v) is 8.72. The molecule has 0 bridgehead atoms. The molecule has 0 N–H and O–H groups in total. The van der Waals surface area contributed by atoms with Crippen LogP contribution >= 0.6 is 7.82 Å². The summed E-state index contributed by atoms with van der Waals surface area (Å²) >= 11 is 0. The summed E-state index contributed by atoms with van der Waals surface area (Å²) in [7, 11) is 1.35. The van der Waals surface area contributed by atoms with Gasteiger partial charge in [-0.2, -0.15) is 0 Å². The van der Waals surface area contributed by atoms with E-state index in [9.17, 15) is 14.3 Å². The molecule has 2 atom stereocenters. The fourth-order valence-corrected chi connectivity index (χ4v) is 5.52. The molecule has 46 heavy (non-hydrogen) atoms. The second kappa shape index (κ2) is 31.3. The van der Waals surface area contributed by atoms with Crippen LogP contribution in [0.5, 0.6) is 0 Å². The number of esters is 1. The molecule has 0 heterocycles. The van der Waals surface area contributed by atoms with Crippen molar-refractivity contribution in [3.8, 4) is 0 Å². The van der Waals surface area contributed by atoms with Crippen LogP contribution in [0.1, 0.15) is 149 Å². The number of rotatable bonds is 34. The van der Waals surface area contributed by atoms with Gasteiger partial charge in [0.25, 0.3) is 7.82 Å². The maximum absolute atomic E-state index is 12.6. The molecule has 0 radical (unpaired) electrons. The zero-order chi connectivity index (χ0) is 34.2. The molecule has 0 aromatic carbocycles. The molecule has 0 aliphatic heterocycles. The van der Waals surface area contributed by atoms with Gasteiger partial charge in [-0.15, -0.1) is 0 Å². The lowest BCUT2D eigenvalue weighted by atomic mass is 10.1. The Balaban J connectivity index is 4.34. The molecule has 0 aromatic rings. The molecule has 0 spiro atoms. The van der Waals surface area contributed by atoms with Gasteiger partial charge in [0.1, 0.15) is 19.3 Å². The number of allylic oxidation sites excluding steroid dienone is 4. The molecular formula is C37H72NO7P. The van der Waals surface area contributed by atoms with Gasteiger partial charge in [0, 0.05) is 13.0 Å². The van der Waals surface area contributed by atoms with E-state index in [1.165, 1.54) is 70.6 Å². The third-order valence-electron chi connectivity index (χ3n) is 7.76. The van der Waals surface area contributed by atoms with Crippen molar-refractivity contribution >= 4 is 13.8 Å². The van der Waals surface area contributed by atoms with Gasteiger partial charge in [-0.25, -0.2) is 0 Å². The Hall–Kier alpha value is -1.02. The number of quaternary nitrogens is 1. The van der Waals surface area contributed by atoms with Crippen molar-refractivity contribution in [1.29, 1.82) is 0 Å². The molecule has 0 amide bonds. The normalized spacial score (nSPS) is 14.3. The van der Waals surface area contributed by atoms with E-state index in [0.717, 1.165) is 57.8 Å². The van der Waals surface area contributed by atoms with Gasteiger partial charge >= 0.3 is 5.97 Å². The SMILES string of the molecule is CCCC/C=C\C/C=C\CCCCCCCC(=O)OC(COCCCCCCCCCCCC)COP(=O)([O-])OCC[N+](C)(C)C. The van der Waals surface area contributed by atoms with Gasteiger partial charge in [-0.3, -0.25) is 9.36 Å². The van der Waals surface area contributed by atoms with Crippen LogP contribution in [-0.4, -0.2) is 70.7 Å². The molecule has 272 valence electrons. The van der Waals surface area contributed by atoms with Gasteiger partial charge in [-0.1, -0.05) is 128 Å². The van der Waals surface area contributed by atoms with Gasteiger partial charge in [0.15, 0.2) is 0 Å². The zero-order valence-electron chi connectivity index (χ0n) is 30.5. The predicted molar refractivity (Wildman–Crippen MR) is 190 cm³/mol. The summed E-state index contributed by atoms with van der Waals surface area (Å²) in [5, 5.41) is 0. The van der Waals surface area contributed by atoms with Crippen LogP contribution in [0.2, 0.25) is 0 Å². The Bertz CT molecular complexity index is 797. The first-order valence-corrected chi connectivity index (χ1v) is 20.0. The van der Waals surface area contributed by atoms with E-state index in [2.05, 4.69) is 38.2 Å². The molecule has 0 rings (SSSR count). The Kier molecular flexibility index (Phi) is 30.6. The quantitative estimate of drug-likeness (QED) is 0.0221. The highest BCUT2D eigenvalue weighted by atomic mass is 31.2. The Morgan fingerprint density at radius 1 is 0.674 bits per heavy atom. The Labute approximate surface area is 283 Å². The van der Waals surface area contributed by atoms with E-state index in [0.29, 0.717) is 24.1 Å². The van der Waals surface area contributed by atoms with Crippen LogP contribution in [-0.2, 0) is 27.9 Å². The summed E-state index contributed by atoms with van der Waals surface area (Å²) in [5.41, 5.74) is 0. The predicted octanol–water partition coefficient (Wildman–Crippen LogP) is 9.47. The van der Waals surface area contributed by atoms with Crippen LogP contribution in [0.25, 0.3) is 0 Å². The van der Waals surface area contributed by atoms with Gasteiger partial charge < -0.3 is 27.9 Å². The van der Waals surface area contributed by atoms with Crippen molar-refractivity contribution < 1.29 is 37.3 Å². The van der Waals surface area contributed by atoms with Gasteiger partial charge in [0.05, 0.1) is 34.4 Å². The van der Waals surface area contributed by atoms with E-state index < -0.39 is 13.9 Å². The average molecular weight is 674 g/mol. The molecule has 0 aliphatic rings. The number of likely N-dealkylation sites (N-methyl/N-ethyl adjacent to an activating group) is 1. The highest BCUT2D eigenvalue weighted by molar-refractivity contribution is 7.45. The number of hydrogen-bond acceptors (Lipinski definition) is 7. The fraction of sp³-hybridized carbons (Fsp3) is 0.865. The second-order valence-electron chi connectivity index (χ2n) is 13.6. The monoisotopic (exact) mass is 674 g/mol. The maximum Gasteiger partial charge on any atom is 0.306 e. The molecule has 9 heteroatoms. The smallest absolute Gasteiger partial charge is 0.306 e. The first kappa shape index (κ1) is 45.0. The number of carbonyl (C=O) groups excluding carboxylic acids is 1. The van der Waals surface area contributed by atoms with Crippen molar-refractivity contribution in [3.63, 3.8) is 0 Å². The minimum Gasteiger partial charge on any atom is -0.756 e. The lowest BCUT2D eigenvalue weighted by molar-refractivity contribution is -0.870. The Morgan fingerprint density at radius 3 is 1.83 bits per heavy atom. The first-order chi connectivity index (χ1) is 22.1. The largest absolute Gasteiger partial charge is 0.756 e. The molecular weight excluding hydrogens is 601 g/mol. The number of phosphoric ester groups is 1. The third kappa shape index (κ3) is 34.3. The lowest BCUT2D eigenvalue weighted by Gasteiger charge is -2.28. The van der Waals surface area contributed by atoms with E-state index >= 15 is 0 Å². The van der Waals surface area contributed by atoms with Crippen molar-refractivity contribution in [2.45, 2.75) is 155 Å². The van der Waals surface area contributed by atoms with Gasteiger partial charge in [-0.05, 0) is 38.5 Å². The minimum atomic E-state index is -4.51. The second-order valence-corrected chi connectivity index (χ2v) is 15.0. The number of nitrogens with zero attached hydrogens (tertiary/aromatic N) is 1. The van der Waals surface area contributed by atoms with E-state index in [4.69, 9.17) is 18.5 Å². The number of carbonyl (C=O) groups is 1. The van der Waals surface area contributed by atoms with Crippen LogP contribution in [0.15, 0.2) is 24.3 Å². The van der Waals surface area contributed by atoms with E-state index in [1.54, 1.807) is 0 Å². The molecule has 0 saturated carbocycles. The van der Waals surface area contributed by atoms with Crippen LogP contribution in [0.3, 0.4) is 0 Å². The van der Waals surface area contributed by atoms with Crippen LogP contribution in [0, 0.1) is 0 Å². The van der Waals surface area contributed by atoms with Crippen molar-refractivity contribution in [2.24, 2.45) is 0 Å².